The molecule has 1 unspecified atom stereocenters. The Morgan fingerprint density at radius 3 is 3.00 bits per heavy atom. The van der Waals surface area contributed by atoms with Crippen molar-refractivity contribution in [3.05, 3.63) is 23.9 Å². The van der Waals surface area contributed by atoms with E-state index in [-0.39, 0.29) is 11.8 Å². The first-order valence-corrected chi connectivity index (χ1v) is 6.71. The molecule has 1 aliphatic heterocycles. The Kier molecular flexibility index (Phi) is 4.55. The summed E-state index contributed by atoms with van der Waals surface area (Å²) in [6.07, 6.45) is 2.59. The zero-order valence-electron chi connectivity index (χ0n) is 11.8. The summed E-state index contributed by atoms with van der Waals surface area (Å²) < 4.78 is 5.07. The Morgan fingerprint density at radius 1 is 1.50 bits per heavy atom. The van der Waals surface area contributed by atoms with Gasteiger partial charge in [-0.05, 0) is 18.1 Å². The van der Waals surface area contributed by atoms with Gasteiger partial charge in [-0.25, -0.2) is 4.98 Å². The first-order chi connectivity index (χ1) is 9.63. The van der Waals surface area contributed by atoms with E-state index in [0.717, 1.165) is 5.56 Å². The average Bonchev–Trinajstić information content (AvgIpc) is 2.60. The summed E-state index contributed by atoms with van der Waals surface area (Å²) in [5, 5.41) is 2.75. The minimum atomic E-state index is -0.422. The van der Waals surface area contributed by atoms with Crippen LogP contribution in [0.3, 0.4) is 0 Å². The topological polar surface area (TPSA) is 71.5 Å². The number of methoxy groups -OCH3 is 1. The van der Waals surface area contributed by atoms with Crippen LogP contribution in [0.5, 0.6) is 5.88 Å². The van der Waals surface area contributed by atoms with E-state index in [1.54, 1.807) is 24.3 Å². The molecule has 2 rings (SSSR count). The lowest BCUT2D eigenvalue weighted by Gasteiger charge is -2.23. The molecule has 1 fully saturated rings. The molecular weight excluding hydrogens is 258 g/mol. The van der Waals surface area contributed by atoms with Gasteiger partial charge in [-0.3, -0.25) is 9.59 Å². The van der Waals surface area contributed by atoms with Gasteiger partial charge in [-0.15, -0.1) is 0 Å². The highest BCUT2D eigenvalue weighted by Crippen LogP contribution is 2.14. The van der Waals surface area contributed by atoms with Crippen molar-refractivity contribution < 1.29 is 14.3 Å². The van der Waals surface area contributed by atoms with Gasteiger partial charge in [-0.2, -0.15) is 0 Å². The molecule has 2 amide bonds. The fraction of sp³-hybridized carbons (Fsp3) is 0.500. The van der Waals surface area contributed by atoms with Crippen LogP contribution in [0.1, 0.15) is 25.3 Å². The standard InChI is InChI=1S/C14H19N3O3/c1-3-11-14(19)17(7-5-12(18)16-11)9-10-4-6-15-13(8-10)20-2/h4,6,8,11H,3,5,7,9H2,1-2H3,(H,16,18). The third-order valence-electron chi connectivity index (χ3n) is 3.34. The fourth-order valence-electron chi connectivity index (χ4n) is 2.21. The zero-order valence-corrected chi connectivity index (χ0v) is 11.8. The molecule has 1 aromatic heterocycles. The molecule has 0 aromatic carbocycles. The molecule has 2 heterocycles. The van der Waals surface area contributed by atoms with Gasteiger partial charge in [0.05, 0.1) is 7.11 Å². The molecule has 20 heavy (non-hydrogen) atoms. The summed E-state index contributed by atoms with van der Waals surface area (Å²) in [6, 6.07) is 3.22. The quantitative estimate of drug-likeness (QED) is 0.880. The van der Waals surface area contributed by atoms with Gasteiger partial charge in [0, 0.05) is 31.8 Å². The van der Waals surface area contributed by atoms with E-state index in [0.29, 0.717) is 31.8 Å². The first-order valence-electron chi connectivity index (χ1n) is 6.71. The molecular formula is C14H19N3O3. The van der Waals surface area contributed by atoms with Crippen LogP contribution < -0.4 is 10.1 Å². The number of nitrogens with zero attached hydrogens (tertiary/aromatic N) is 2. The molecule has 0 spiro atoms. The maximum Gasteiger partial charge on any atom is 0.245 e. The second-order valence-electron chi connectivity index (χ2n) is 4.74. The van der Waals surface area contributed by atoms with Crippen molar-refractivity contribution in [1.29, 1.82) is 0 Å². The van der Waals surface area contributed by atoms with Crippen LogP contribution in [-0.4, -0.2) is 41.4 Å². The van der Waals surface area contributed by atoms with Crippen molar-refractivity contribution in [3.63, 3.8) is 0 Å². The summed E-state index contributed by atoms with van der Waals surface area (Å²) in [7, 11) is 1.55. The Hall–Kier alpha value is -2.11. The van der Waals surface area contributed by atoms with E-state index in [1.807, 2.05) is 13.0 Å². The molecule has 1 aromatic rings. The summed E-state index contributed by atoms with van der Waals surface area (Å²) in [5.41, 5.74) is 0.939. The van der Waals surface area contributed by atoms with Crippen LogP contribution in [0.15, 0.2) is 18.3 Å². The van der Waals surface area contributed by atoms with Crippen molar-refractivity contribution in [2.75, 3.05) is 13.7 Å². The Balaban J connectivity index is 2.13. The largest absolute Gasteiger partial charge is 0.481 e. The molecule has 0 radical (unpaired) electrons. The number of hydrogen-bond donors (Lipinski definition) is 1. The van der Waals surface area contributed by atoms with Gasteiger partial charge < -0.3 is 15.0 Å². The number of amides is 2. The maximum atomic E-state index is 12.3. The third-order valence-corrected chi connectivity index (χ3v) is 3.34. The molecule has 6 heteroatoms. The van der Waals surface area contributed by atoms with Gasteiger partial charge in [-0.1, -0.05) is 6.92 Å². The lowest BCUT2D eigenvalue weighted by molar-refractivity contribution is -0.134. The van der Waals surface area contributed by atoms with Gasteiger partial charge in [0.25, 0.3) is 0 Å². The molecule has 1 saturated heterocycles. The number of rotatable bonds is 4. The zero-order chi connectivity index (χ0) is 14.5. The lowest BCUT2D eigenvalue weighted by Crippen LogP contribution is -2.43. The number of carbonyl (C=O) groups is 2. The minimum absolute atomic E-state index is 0.0332. The van der Waals surface area contributed by atoms with Crippen LogP contribution in [-0.2, 0) is 16.1 Å². The van der Waals surface area contributed by atoms with Crippen molar-refractivity contribution in [3.8, 4) is 5.88 Å². The normalized spacial score (nSPS) is 19.5. The van der Waals surface area contributed by atoms with E-state index in [2.05, 4.69) is 10.3 Å². The second-order valence-corrected chi connectivity index (χ2v) is 4.74. The second kappa shape index (κ2) is 6.36. The van der Waals surface area contributed by atoms with Crippen LogP contribution >= 0.6 is 0 Å². The van der Waals surface area contributed by atoms with E-state index in [4.69, 9.17) is 4.74 Å². The smallest absolute Gasteiger partial charge is 0.245 e. The molecule has 0 aliphatic carbocycles. The fourth-order valence-corrected chi connectivity index (χ4v) is 2.21. The predicted octanol–water partition coefficient (Wildman–Crippen LogP) is 0.717. The highest BCUT2D eigenvalue weighted by Gasteiger charge is 2.28. The molecule has 0 bridgehead atoms. The minimum Gasteiger partial charge on any atom is -0.481 e. The van der Waals surface area contributed by atoms with Crippen LogP contribution in [0.4, 0.5) is 0 Å². The summed E-state index contributed by atoms with van der Waals surface area (Å²) in [4.78, 5) is 29.7. The predicted molar refractivity (Wildman–Crippen MR) is 73.0 cm³/mol. The van der Waals surface area contributed by atoms with Crippen LogP contribution in [0, 0.1) is 0 Å². The molecule has 0 saturated carbocycles. The summed E-state index contributed by atoms with van der Waals surface area (Å²) >= 11 is 0. The number of nitrogens with one attached hydrogen (secondary N) is 1. The van der Waals surface area contributed by atoms with E-state index >= 15 is 0 Å². The van der Waals surface area contributed by atoms with Gasteiger partial charge in [0.2, 0.25) is 17.7 Å². The Morgan fingerprint density at radius 2 is 2.30 bits per heavy atom. The SMILES string of the molecule is CCC1NC(=O)CCN(Cc2ccnc(OC)c2)C1=O. The average molecular weight is 277 g/mol. The third kappa shape index (κ3) is 3.26. The number of aromatic nitrogens is 1. The molecule has 1 atom stereocenters. The van der Waals surface area contributed by atoms with E-state index < -0.39 is 6.04 Å². The van der Waals surface area contributed by atoms with Gasteiger partial charge in [0.1, 0.15) is 6.04 Å². The number of ether oxygens (including phenoxy) is 1. The van der Waals surface area contributed by atoms with Crippen LogP contribution in [0.2, 0.25) is 0 Å². The molecule has 108 valence electrons. The number of carbonyl (C=O) groups excluding carboxylic acids is 2. The highest BCUT2D eigenvalue weighted by molar-refractivity contribution is 5.89. The summed E-state index contributed by atoms with van der Waals surface area (Å²) in [6.45, 7) is 2.79. The van der Waals surface area contributed by atoms with Gasteiger partial charge in [0.15, 0.2) is 0 Å². The highest BCUT2D eigenvalue weighted by atomic mass is 16.5. The van der Waals surface area contributed by atoms with Crippen molar-refractivity contribution >= 4 is 11.8 Å². The monoisotopic (exact) mass is 277 g/mol. The van der Waals surface area contributed by atoms with E-state index in [9.17, 15) is 9.59 Å². The number of hydrogen-bond acceptors (Lipinski definition) is 4. The first kappa shape index (κ1) is 14.3. The molecule has 1 N–H and O–H groups in total. The van der Waals surface area contributed by atoms with Gasteiger partial charge >= 0.3 is 0 Å². The maximum absolute atomic E-state index is 12.3. The van der Waals surface area contributed by atoms with Crippen molar-refractivity contribution in [1.82, 2.24) is 15.2 Å². The molecule has 1 aliphatic rings. The van der Waals surface area contributed by atoms with Crippen LogP contribution in [0.25, 0.3) is 0 Å². The Labute approximate surface area is 118 Å². The van der Waals surface area contributed by atoms with Crippen molar-refractivity contribution in [2.24, 2.45) is 0 Å². The molecule has 6 nitrogen and oxygen atoms in total. The number of pyridine rings is 1. The van der Waals surface area contributed by atoms with E-state index in [1.165, 1.54) is 0 Å². The Bertz CT molecular complexity index is 504. The summed E-state index contributed by atoms with van der Waals surface area (Å²) in [5.74, 6) is 0.417. The van der Waals surface area contributed by atoms with Crippen molar-refractivity contribution in [2.45, 2.75) is 32.4 Å². The lowest BCUT2D eigenvalue weighted by atomic mass is 10.2.